The van der Waals surface area contributed by atoms with Crippen LogP contribution in [0, 0.1) is 0 Å². The van der Waals surface area contributed by atoms with Crippen LogP contribution < -0.4 is 5.32 Å². The Morgan fingerprint density at radius 2 is 1.93 bits per heavy atom. The molecule has 0 saturated heterocycles. The quantitative estimate of drug-likeness (QED) is 0.262. The van der Waals surface area contributed by atoms with Gasteiger partial charge in [-0.25, -0.2) is 9.59 Å². The topological polar surface area (TPSA) is 64.6 Å². The molecule has 0 aliphatic rings. The summed E-state index contributed by atoms with van der Waals surface area (Å²) < 4.78 is 10.2. The van der Waals surface area contributed by atoms with Crippen molar-refractivity contribution in [3.8, 4) is 0 Å². The first-order valence-corrected chi connectivity index (χ1v) is 5.89. The van der Waals surface area contributed by atoms with Gasteiger partial charge in [-0.05, 0) is 6.92 Å². The van der Waals surface area contributed by atoms with Crippen molar-refractivity contribution in [3.05, 3.63) is 12.2 Å². The highest BCUT2D eigenvalue weighted by molar-refractivity contribution is 14.1. The molecular formula is C9H14INO4. The lowest BCUT2D eigenvalue weighted by Crippen LogP contribution is -2.27. The standard InChI is InChI=1S/C9H14INO4/c1-7(2)8(12)14-5-6-15-9(13)11-4-3-10/h1,3-6H2,2H3,(H,11,13). The lowest BCUT2D eigenvalue weighted by molar-refractivity contribution is -0.139. The van der Waals surface area contributed by atoms with E-state index in [1.807, 2.05) is 0 Å². The van der Waals surface area contributed by atoms with Gasteiger partial charge in [0, 0.05) is 16.5 Å². The van der Waals surface area contributed by atoms with Crippen LogP contribution in [0.25, 0.3) is 0 Å². The van der Waals surface area contributed by atoms with Crippen LogP contribution in [0.3, 0.4) is 0 Å². The second-order valence-corrected chi connectivity index (χ2v) is 3.75. The first kappa shape index (κ1) is 14.2. The third kappa shape index (κ3) is 8.22. The van der Waals surface area contributed by atoms with Gasteiger partial charge >= 0.3 is 12.1 Å². The van der Waals surface area contributed by atoms with Crippen molar-refractivity contribution in [2.75, 3.05) is 24.2 Å². The average molecular weight is 327 g/mol. The maximum absolute atomic E-state index is 10.9. The molecule has 0 spiro atoms. The van der Waals surface area contributed by atoms with Gasteiger partial charge in [-0.15, -0.1) is 0 Å². The largest absolute Gasteiger partial charge is 0.459 e. The summed E-state index contributed by atoms with van der Waals surface area (Å²) in [5.74, 6) is -0.480. The summed E-state index contributed by atoms with van der Waals surface area (Å²) >= 11 is 2.13. The summed E-state index contributed by atoms with van der Waals surface area (Å²) in [4.78, 5) is 21.8. The smallest absolute Gasteiger partial charge is 0.407 e. The number of esters is 1. The number of hydrogen-bond donors (Lipinski definition) is 1. The molecular weight excluding hydrogens is 313 g/mol. The van der Waals surface area contributed by atoms with E-state index in [0.29, 0.717) is 12.1 Å². The Bertz CT molecular complexity index is 242. The Labute approximate surface area is 102 Å². The molecule has 1 amide bonds. The Balaban J connectivity index is 3.42. The number of alkyl carbamates (subject to hydrolysis) is 1. The molecule has 1 N–H and O–H groups in total. The second-order valence-electron chi connectivity index (χ2n) is 2.67. The van der Waals surface area contributed by atoms with Gasteiger partial charge in [0.25, 0.3) is 0 Å². The monoisotopic (exact) mass is 327 g/mol. The van der Waals surface area contributed by atoms with E-state index < -0.39 is 12.1 Å². The molecule has 5 nitrogen and oxygen atoms in total. The van der Waals surface area contributed by atoms with Gasteiger partial charge in [0.2, 0.25) is 0 Å². The van der Waals surface area contributed by atoms with Crippen LogP contribution >= 0.6 is 22.6 Å². The van der Waals surface area contributed by atoms with E-state index in [2.05, 4.69) is 34.5 Å². The fraction of sp³-hybridized carbons (Fsp3) is 0.556. The first-order chi connectivity index (χ1) is 7.07. The maximum atomic E-state index is 10.9. The number of halogens is 1. The molecule has 0 aliphatic heterocycles. The molecule has 0 atom stereocenters. The zero-order valence-electron chi connectivity index (χ0n) is 8.55. The fourth-order valence-electron chi connectivity index (χ4n) is 0.592. The van der Waals surface area contributed by atoms with E-state index in [-0.39, 0.29) is 13.2 Å². The summed E-state index contributed by atoms with van der Waals surface area (Å²) in [5, 5.41) is 2.52. The number of hydrogen-bond acceptors (Lipinski definition) is 4. The highest BCUT2D eigenvalue weighted by atomic mass is 127. The summed E-state index contributed by atoms with van der Waals surface area (Å²) in [6, 6.07) is 0. The van der Waals surface area contributed by atoms with Crippen molar-refractivity contribution in [2.45, 2.75) is 6.92 Å². The highest BCUT2D eigenvalue weighted by Gasteiger charge is 2.04. The van der Waals surface area contributed by atoms with Crippen molar-refractivity contribution in [2.24, 2.45) is 0 Å². The minimum absolute atomic E-state index is 0.0450. The van der Waals surface area contributed by atoms with E-state index in [9.17, 15) is 9.59 Å². The summed E-state index contributed by atoms with van der Waals surface area (Å²) in [7, 11) is 0. The minimum Gasteiger partial charge on any atom is -0.459 e. The van der Waals surface area contributed by atoms with Crippen LogP contribution in [0.1, 0.15) is 6.92 Å². The SMILES string of the molecule is C=C(C)C(=O)OCCOC(=O)NCCI. The molecule has 0 bridgehead atoms. The Morgan fingerprint density at radius 1 is 1.33 bits per heavy atom. The second kappa shape index (κ2) is 8.51. The van der Waals surface area contributed by atoms with E-state index in [4.69, 9.17) is 9.47 Å². The normalized spacial score (nSPS) is 9.20. The van der Waals surface area contributed by atoms with Gasteiger partial charge in [0.15, 0.2) is 0 Å². The van der Waals surface area contributed by atoms with Crippen molar-refractivity contribution in [1.29, 1.82) is 0 Å². The molecule has 0 fully saturated rings. The third-order valence-corrected chi connectivity index (χ3v) is 1.80. The molecule has 0 unspecified atom stereocenters. The van der Waals surface area contributed by atoms with Gasteiger partial charge in [-0.1, -0.05) is 29.2 Å². The number of alkyl halides is 1. The summed E-state index contributed by atoms with van der Waals surface area (Å²) in [6.07, 6.45) is -0.502. The van der Waals surface area contributed by atoms with Gasteiger partial charge in [0.1, 0.15) is 13.2 Å². The highest BCUT2D eigenvalue weighted by Crippen LogP contribution is 1.91. The van der Waals surface area contributed by atoms with Crippen molar-refractivity contribution in [1.82, 2.24) is 5.32 Å². The molecule has 0 saturated carbocycles. The van der Waals surface area contributed by atoms with Crippen molar-refractivity contribution < 1.29 is 19.1 Å². The predicted octanol–water partition coefficient (Wildman–Crippen LogP) is 1.27. The molecule has 0 aliphatic carbocycles. The Morgan fingerprint density at radius 3 is 2.47 bits per heavy atom. The number of carbonyl (C=O) groups is 2. The van der Waals surface area contributed by atoms with Crippen LogP contribution in [0.2, 0.25) is 0 Å². The van der Waals surface area contributed by atoms with Gasteiger partial charge in [-0.3, -0.25) is 0 Å². The Hall–Kier alpha value is -0.790. The van der Waals surface area contributed by atoms with Gasteiger partial charge in [-0.2, -0.15) is 0 Å². The average Bonchev–Trinajstić information content (AvgIpc) is 2.20. The summed E-state index contributed by atoms with van der Waals surface area (Å²) in [6.45, 7) is 5.62. The molecule has 0 rings (SSSR count). The lowest BCUT2D eigenvalue weighted by atomic mass is 10.4. The summed E-state index contributed by atoms with van der Waals surface area (Å²) in [5.41, 5.74) is 0.323. The molecule has 0 aromatic rings. The minimum atomic E-state index is -0.502. The number of rotatable bonds is 6. The van der Waals surface area contributed by atoms with Crippen LogP contribution in [-0.4, -0.2) is 36.2 Å². The molecule has 0 aromatic carbocycles. The number of amides is 1. The van der Waals surface area contributed by atoms with Crippen LogP contribution in [0.15, 0.2) is 12.2 Å². The molecule has 86 valence electrons. The predicted molar refractivity (Wildman–Crippen MR) is 64.0 cm³/mol. The van der Waals surface area contributed by atoms with Gasteiger partial charge < -0.3 is 14.8 Å². The van der Waals surface area contributed by atoms with E-state index in [1.165, 1.54) is 0 Å². The zero-order valence-corrected chi connectivity index (χ0v) is 10.7. The number of carbonyl (C=O) groups excluding carboxylic acids is 2. The maximum Gasteiger partial charge on any atom is 0.407 e. The molecule has 6 heteroatoms. The van der Waals surface area contributed by atoms with Crippen LogP contribution in [0.4, 0.5) is 4.79 Å². The lowest BCUT2D eigenvalue weighted by Gasteiger charge is -2.06. The van der Waals surface area contributed by atoms with Crippen LogP contribution in [-0.2, 0) is 14.3 Å². The van der Waals surface area contributed by atoms with E-state index in [1.54, 1.807) is 6.92 Å². The third-order valence-electron chi connectivity index (χ3n) is 1.26. The molecule has 15 heavy (non-hydrogen) atoms. The van der Waals surface area contributed by atoms with Crippen LogP contribution in [0.5, 0.6) is 0 Å². The van der Waals surface area contributed by atoms with Crippen molar-refractivity contribution in [3.63, 3.8) is 0 Å². The molecule has 0 aromatic heterocycles. The Kier molecular flexibility index (Phi) is 8.06. The van der Waals surface area contributed by atoms with Crippen molar-refractivity contribution >= 4 is 34.7 Å². The molecule has 0 radical (unpaired) electrons. The van der Waals surface area contributed by atoms with E-state index >= 15 is 0 Å². The molecule has 0 heterocycles. The zero-order chi connectivity index (χ0) is 11.7. The first-order valence-electron chi connectivity index (χ1n) is 4.37. The van der Waals surface area contributed by atoms with Gasteiger partial charge in [0.05, 0.1) is 0 Å². The number of nitrogens with one attached hydrogen (secondary N) is 1. The fourth-order valence-corrected chi connectivity index (χ4v) is 0.862. The number of ether oxygens (including phenoxy) is 2. The van der Waals surface area contributed by atoms with E-state index in [0.717, 1.165) is 4.43 Å².